The Balaban J connectivity index is 1.67. The van der Waals surface area contributed by atoms with Crippen LogP contribution >= 0.6 is 11.8 Å². The van der Waals surface area contributed by atoms with Crippen molar-refractivity contribution in [1.82, 2.24) is 0 Å². The van der Waals surface area contributed by atoms with Crippen LogP contribution in [0.25, 0.3) is 0 Å². The zero-order valence-corrected chi connectivity index (χ0v) is 17.4. The minimum atomic E-state index is -3.73. The van der Waals surface area contributed by atoms with Crippen LogP contribution in [-0.4, -0.2) is 26.6 Å². The molecule has 7 heteroatoms. The molecule has 2 N–H and O–H groups in total. The molecule has 0 saturated carbocycles. The Morgan fingerprint density at radius 3 is 2.41 bits per heavy atom. The van der Waals surface area contributed by atoms with E-state index in [4.69, 9.17) is 5.14 Å². The number of carbonyl (C=O) groups excluding carboxylic acids is 1. The number of hydrogen-bond donors (Lipinski definition) is 1. The van der Waals surface area contributed by atoms with Crippen molar-refractivity contribution in [2.75, 3.05) is 17.2 Å². The van der Waals surface area contributed by atoms with Gasteiger partial charge in [-0.25, -0.2) is 13.6 Å². The molecule has 3 rings (SSSR count). The van der Waals surface area contributed by atoms with Crippen molar-refractivity contribution in [1.29, 1.82) is 0 Å². The van der Waals surface area contributed by atoms with Crippen LogP contribution < -0.4 is 10.0 Å². The van der Waals surface area contributed by atoms with E-state index in [0.29, 0.717) is 18.7 Å². The van der Waals surface area contributed by atoms with E-state index in [1.807, 2.05) is 0 Å². The molecule has 0 aromatic heterocycles. The fraction of sp³-hybridized carbons (Fsp3) is 0.350. The van der Waals surface area contributed by atoms with Crippen LogP contribution in [0, 0.1) is 0 Å². The number of sulfonamides is 1. The summed E-state index contributed by atoms with van der Waals surface area (Å²) < 4.78 is 23.0. The number of fused-ring (bicyclic) bond motifs is 1. The predicted molar refractivity (Wildman–Crippen MR) is 110 cm³/mol. The molecule has 1 aliphatic rings. The third kappa shape index (κ3) is 4.54. The minimum absolute atomic E-state index is 0.0157. The number of carbonyl (C=O) groups is 1. The summed E-state index contributed by atoms with van der Waals surface area (Å²) in [5, 5.41) is 5.18. The lowest BCUT2D eigenvalue weighted by atomic mass is 9.87. The van der Waals surface area contributed by atoms with E-state index in [2.05, 4.69) is 45.0 Å². The quantitative estimate of drug-likeness (QED) is 0.793. The Morgan fingerprint density at radius 2 is 1.81 bits per heavy atom. The van der Waals surface area contributed by atoms with Crippen molar-refractivity contribution in [2.24, 2.45) is 5.14 Å². The summed E-state index contributed by atoms with van der Waals surface area (Å²) in [5.74, 6) is 0.354. The SMILES string of the molecule is CC(C)(C)c1ccc(SCC(=O)N2CCc3cc(S(N)(=O)=O)ccc32)cc1. The Morgan fingerprint density at radius 1 is 1.15 bits per heavy atom. The van der Waals surface area contributed by atoms with Gasteiger partial charge in [0.25, 0.3) is 0 Å². The lowest BCUT2D eigenvalue weighted by Gasteiger charge is -2.19. The first-order valence-corrected chi connectivity index (χ1v) is 11.3. The first-order chi connectivity index (χ1) is 12.6. The summed E-state index contributed by atoms with van der Waals surface area (Å²) >= 11 is 1.51. The minimum Gasteiger partial charge on any atom is -0.311 e. The fourth-order valence-electron chi connectivity index (χ4n) is 3.09. The number of thioether (sulfide) groups is 1. The highest BCUT2D eigenvalue weighted by Crippen LogP contribution is 2.31. The maximum absolute atomic E-state index is 12.7. The number of nitrogens with zero attached hydrogens (tertiary/aromatic N) is 1. The molecule has 0 bridgehead atoms. The van der Waals surface area contributed by atoms with Crippen molar-refractivity contribution >= 4 is 33.4 Å². The van der Waals surface area contributed by atoms with Gasteiger partial charge in [0.15, 0.2) is 0 Å². The molecular formula is C20H24N2O3S2. The smallest absolute Gasteiger partial charge is 0.238 e. The number of amides is 1. The van der Waals surface area contributed by atoms with Crippen LogP contribution in [0.2, 0.25) is 0 Å². The Bertz CT molecular complexity index is 962. The molecule has 0 saturated heterocycles. The summed E-state index contributed by atoms with van der Waals surface area (Å²) in [5.41, 5.74) is 2.98. The largest absolute Gasteiger partial charge is 0.311 e. The Hall–Kier alpha value is -1.83. The van der Waals surface area contributed by atoms with E-state index < -0.39 is 10.0 Å². The van der Waals surface area contributed by atoms with E-state index in [0.717, 1.165) is 16.1 Å². The predicted octanol–water partition coefficient (Wildman–Crippen LogP) is 3.31. The van der Waals surface area contributed by atoms with Gasteiger partial charge in [-0.05, 0) is 53.3 Å². The summed E-state index contributed by atoms with van der Waals surface area (Å²) in [4.78, 5) is 15.5. The highest BCUT2D eigenvalue weighted by molar-refractivity contribution is 8.00. The number of benzene rings is 2. The summed E-state index contributed by atoms with van der Waals surface area (Å²) in [7, 11) is -3.73. The zero-order chi connectivity index (χ0) is 19.8. The highest BCUT2D eigenvalue weighted by Gasteiger charge is 2.26. The van der Waals surface area contributed by atoms with Gasteiger partial charge >= 0.3 is 0 Å². The van der Waals surface area contributed by atoms with Crippen molar-refractivity contribution in [3.05, 3.63) is 53.6 Å². The van der Waals surface area contributed by atoms with Crippen LogP contribution in [0.1, 0.15) is 31.9 Å². The number of rotatable bonds is 4. The molecule has 5 nitrogen and oxygen atoms in total. The van der Waals surface area contributed by atoms with Crippen molar-refractivity contribution in [3.8, 4) is 0 Å². The molecule has 1 amide bonds. The molecule has 0 unspecified atom stereocenters. The maximum atomic E-state index is 12.7. The van der Waals surface area contributed by atoms with Gasteiger partial charge in [-0.2, -0.15) is 0 Å². The molecule has 0 fully saturated rings. The van der Waals surface area contributed by atoms with Gasteiger partial charge in [0.2, 0.25) is 15.9 Å². The van der Waals surface area contributed by atoms with Gasteiger partial charge in [-0.1, -0.05) is 32.9 Å². The summed E-state index contributed by atoms with van der Waals surface area (Å²) in [6.07, 6.45) is 0.634. The van der Waals surface area contributed by atoms with Crippen molar-refractivity contribution in [3.63, 3.8) is 0 Å². The van der Waals surface area contributed by atoms with Crippen LogP contribution in [0.15, 0.2) is 52.3 Å². The van der Waals surface area contributed by atoms with Gasteiger partial charge in [0, 0.05) is 17.1 Å². The average Bonchev–Trinajstić information content (AvgIpc) is 3.02. The fourth-order valence-corrected chi connectivity index (χ4v) is 4.43. The molecular weight excluding hydrogens is 380 g/mol. The van der Waals surface area contributed by atoms with Crippen molar-refractivity contribution < 1.29 is 13.2 Å². The first-order valence-electron chi connectivity index (χ1n) is 8.75. The molecule has 2 aromatic rings. The van der Waals surface area contributed by atoms with Gasteiger partial charge in [-0.15, -0.1) is 11.8 Å². The third-order valence-electron chi connectivity index (χ3n) is 4.66. The van der Waals surface area contributed by atoms with Crippen LogP contribution in [0.5, 0.6) is 0 Å². The maximum Gasteiger partial charge on any atom is 0.238 e. The number of anilines is 1. The first kappa shape index (κ1) is 19.9. The van der Waals surface area contributed by atoms with Gasteiger partial charge in [0.1, 0.15) is 0 Å². The van der Waals surface area contributed by atoms with Crippen molar-refractivity contribution in [2.45, 2.75) is 42.4 Å². The third-order valence-corrected chi connectivity index (χ3v) is 6.57. The van der Waals surface area contributed by atoms with Gasteiger partial charge in [0.05, 0.1) is 10.6 Å². The average molecular weight is 405 g/mol. The monoisotopic (exact) mass is 404 g/mol. The second kappa shape index (κ2) is 7.30. The Kier molecular flexibility index (Phi) is 5.38. The summed E-state index contributed by atoms with van der Waals surface area (Å²) in [6.45, 7) is 7.08. The van der Waals surface area contributed by atoms with E-state index in [1.165, 1.54) is 23.4 Å². The molecule has 1 aliphatic heterocycles. The van der Waals surface area contributed by atoms with Crippen LogP contribution in [0.3, 0.4) is 0 Å². The second-order valence-corrected chi connectivity index (χ2v) is 10.3. The van der Waals surface area contributed by atoms with Crippen LogP contribution in [0.4, 0.5) is 5.69 Å². The number of primary sulfonamides is 1. The van der Waals surface area contributed by atoms with Gasteiger partial charge in [-0.3, -0.25) is 4.79 Å². The normalized spacial score (nSPS) is 14.3. The van der Waals surface area contributed by atoms with Crippen LogP contribution in [-0.2, 0) is 26.7 Å². The molecule has 144 valence electrons. The van der Waals surface area contributed by atoms with E-state index >= 15 is 0 Å². The molecule has 0 spiro atoms. The van der Waals surface area contributed by atoms with E-state index in [9.17, 15) is 13.2 Å². The molecule has 1 heterocycles. The standard InChI is InChI=1S/C20H24N2O3S2/c1-20(2,3)15-4-6-16(7-5-15)26-13-19(23)22-11-10-14-12-17(27(21,24)25)8-9-18(14)22/h4-9,12H,10-11,13H2,1-3H3,(H2,21,24,25). The molecule has 27 heavy (non-hydrogen) atoms. The summed E-state index contributed by atoms with van der Waals surface area (Å²) in [6, 6.07) is 13.0. The molecule has 0 atom stereocenters. The highest BCUT2D eigenvalue weighted by atomic mass is 32.2. The lowest BCUT2D eigenvalue weighted by molar-refractivity contribution is -0.116. The van der Waals surface area contributed by atoms with E-state index in [1.54, 1.807) is 17.0 Å². The topological polar surface area (TPSA) is 80.5 Å². The second-order valence-electron chi connectivity index (χ2n) is 7.69. The van der Waals surface area contributed by atoms with E-state index in [-0.39, 0.29) is 16.2 Å². The van der Waals surface area contributed by atoms with Gasteiger partial charge < -0.3 is 4.90 Å². The Labute approximate surface area is 165 Å². The lowest BCUT2D eigenvalue weighted by Crippen LogP contribution is -2.30. The molecule has 0 aliphatic carbocycles. The number of hydrogen-bond acceptors (Lipinski definition) is 4. The zero-order valence-electron chi connectivity index (χ0n) is 15.7. The molecule has 0 radical (unpaired) electrons. The molecule has 2 aromatic carbocycles. The number of nitrogens with two attached hydrogens (primary N) is 1.